The Morgan fingerprint density at radius 1 is 1.19 bits per heavy atom. The largest absolute Gasteiger partial charge is 0.399 e. The van der Waals surface area contributed by atoms with Crippen molar-refractivity contribution < 1.29 is 0 Å². The lowest BCUT2D eigenvalue weighted by Crippen LogP contribution is -2.55. The number of piperidine rings is 1. The molecule has 1 aliphatic carbocycles. The number of guanidine groups is 1. The molecule has 164 valence electrons. The number of likely N-dealkylation sites (N-methyl/N-ethyl adjacent to an activating group) is 1. The number of allylic oxidation sites excluding steroid dienone is 2. The molecule has 2 unspecified atom stereocenters. The van der Waals surface area contributed by atoms with Crippen molar-refractivity contribution in [2.45, 2.75) is 37.9 Å². The van der Waals surface area contributed by atoms with Crippen molar-refractivity contribution in [1.82, 2.24) is 24.9 Å². The standard InChI is InChI=1S/C22H31N9/c1-29-12-19-18(13-30(2)28-19)26-21(29)17-11-25-22(31-9-7-16(24)8-10-31)27-20(17)14-3-5-15(23)6-4-14/h3,5-6,11,13-14,16,20H,4,7-10,12,23-24H2,1-2H3,(H,25,27). The molecule has 5 rings (SSSR count). The lowest BCUT2D eigenvalue weighted by Gasteiger charge is -2.40. The van der Waals surface area contributed by atoms with Crippen LogP contribution in [0.2, 0.25) is 0 Å². The molecule has 31 heavy (non-hydrogen) atoms. The van der Waals surface area contributed by atoms with E-state index in [4.69, 9.17) is 21.5 Å². The van der Waals surface area contributed by atoms with Crippen molar-refractivity contribution in [3.63, 3.8) is 0 Å². The van der Waals surface area contributed by atoms with Gasteiger partial charge in [0.15, 0.2) is 5.96 Å². The minimum absolute atomic E-state index is 0.0584. The zero-order valence-corrected chi connectivity index (χ0v) is 18.2. The Bertz CT molecular complexity index is 1000. The number of hydrogen-bond donors (Lipinski definition) is 3. The zero-order chi connectivity index (χ0) is 21.5. The van der Waals surface area contributed by atoms with Crippen LogP contribution in [0.25, 0.3) is 0 Å². The average molecular weight is 422 g/mol. The van der Waals surface area contributed by atoms with Crippen molar-refractivity contribution in [2.75, 3.05) is 20.1 Å². The number of fused-ring (bicyclic) bond motifs is 1. The van der Waals surface area contributed by atoms with Gasteiger partial charge in [0.05, 0.1) is 18.8 Å². The second kappa shape index (κ2) is 7.88. The summed E-state index contributed by atoms with van der Waals surface area (Å²) in [6.45, 7) is 2.58. The van der Waals surface area contributed by atoms with Crippen LogP contribution in [-0.4, -0.2) is 63.6 Å². The number of amidine groups is 1. The number of aromatic nitrogens is 2. The molecule has 3 aliphatic heterocycles. The van der Waals surface area contributed by atoms with Gasteiger partial charge >= 0.3 is 0 Å². The molecule has 9 nitrogen and oxygen atoms in total. The molecule has 4 aliphatic rings. The number of hydrogen-bond acceptors (Lipinski definition) is 8. The molecule has 9 heteroatoms. The van der Waals surface area contributed by atoms with Gasteiger partial charge in [-0.2, -0.15) is 5.10 Å². The summed E-state index contributed by atoms with van der Waals surface area (Å²) < 4.78 is 1.82. The molecule has 1 fully saturated rings. The number of rotatable bonds is 2. The van der Waals surface area contributed by atoms with E-state index in [1.54, 1.807) is 0 Å². The predicted molar refractivity (Wildman–Crippen MR) is 123 cm³/mol. The quantitative estimate of drug-likeness (QED) is 0.655. The van der Waals surface area contributed by atoms with Gasteiger partial charge in [0.25, 0.3) is 0 Å². The van der Waals surface area contributed by atoms with Gasteiger partial charge in [-0.05, 0) is 25.3 Å². The molecule has 0 radical (unpaired) electrons. The average Bonchev–Trinajstić information content (AvgIpc) is 3.13. The van der Waals surface area contributed by atoms with Crippen LogP contribution >= 0.6 is 0 Å². The molecule has 0 saturated carbocycles. The van der Waals surface area contributed by atoms with Crippen LogP contribution in [0.3, 0.4) is 0 Å². The summed E-state index contributed by atoms with van der Waals surface area (Å²) in [5.41, 5.74) is 15.9. The normalized spacial score (nSPS) is 26.5. The molecular weight excluding hydrogens is 390 g/mol. The maximum Gasteiger partial charge on any atom is 0.199 e. The molecule has 2 atom stereocenters. The van der Waals surface area contributed by atoms with E-state index in [1.807, 2.05) is 30.2 Å². The summed E-state index contributed by atoms with van der Waals surface area (Å²) >= 11 is 0. The Kier molecular flexibility index (Phi) is 5.05. The molecule has 0 bridgehead atoms. The van der Waals surface area contributed by atoms with Crippen molar-refractivity contribution in [3.05, 3.63) is 47.6 Å². The number of nitrogens with one attached hydrogen (secondary N) is 1. The number of aliphatic imine (C=N–C) groups is 2. The van der Waals surface area contributed by atoms with E-state index in [0.29, 0.717) is 0 Å². The lowest BCUT2D eigenvalue weighted by atomic mass is 9.86. The minimum Gasteiger partial charge on any atom is -0.399 e. The van der Waals surface area contributed by atoms with Crippen LogP contribution in [0.5, 0.6) is 0 Å². The van der Waals surface area contributed by atoms with E-state index in [2.05, 4.69) is 39.4 Å². The number of aryl methyl sites for hydroxylation is 1. The van der Waals surface area contributed by atoms with Crippen molar-refractivity contribution in [3.8, 4) is 0 Å². The van der Waals surface area contributed by atoms with Gasteiger partial charge in [-0.3, -0.25) is 4.68 Å². The van der Waals surface area contributed by atoms with E-state index in [-0.39, 0.29) is 18.0 Å². The van der Waals surface area contributed by atoms with Crippen LogP contribution in [0.15, 0.2) is 51.9 Å². The molecule has 4 heterocycles. The van der Waals surface area contributed by atoms with Crippen LogP contribution < -0.4 is 16.8 Å². The van der Waals surface area contributed by atoms with E-state index in [0.717, 1.165) is 73.3 Å². The fourth-order valence-corrected chi connectivity index (χ4v) is 4.70. The summed E-state index contributed by atoms with van der Waals surface area (Å²) in [6.07, 6.45) is 13.1. The van der Waals surface area contributed by atoms with Gasteiger partial charge in [0.2, 0.25) is 0 Å². The highest BCUT2D eigenvalue weighted by Crippen LogP contribution is 2.31. The SMILES string of the molecule is CN1Cc2nn(C)cc2N=C1C1=CN=C(N2CCC(N)CC2)NC1C1C=CC(N)=CC1. The topological polar surface area (TPSA) is 113 Å². The summed E-state index contributed by atoms with van der Waals surface area (Å²) in [4.78, 5) is 14.3. The second-order valence-corrected chi connectivity index (χ2v) is 8.87. The third kappa shape index (κ3) is 3.85. The molecule has 0 aromatic carbocycles. The molecular formula is C22H31N9. The van der Waals surface area contributed by atoms with Crippen LogP contribution in [0, 0.1) is 5.92 Å². The van der Waals surface area contributed by atoms with Crippen LogP contribution in [0.1, 0.15) is 25.0 Å². The highest BCUT2D eigenvalue weighted by molar-refractivity contribution is 6.03. The first-order chi connectivity index (χ1) is 15.0. The van der Waals surface area contributed by atoms with Crippen LogP contribution in [0.4, 0.5) is 5.69 Å². The van der Waals surface area contributed by atoms with Gasteiger partial charge in [-0.15, -0.1) is 0 Å². The van der Waals surface area contributed by atoms with Gasteiger partial charge in [-0.1, -0.05) is 12.2 Å². The maximum atomic E-state index is 6.10. The second-order valence-electron chi connectivity index (χ2n) is 8.87. The Morgan fingerprint density at radius 2 is 2.00 bits per heavy atom. The fourth-order valence-electron chi connectivity index (χ4n) is 4.70. The Balaban J connectivity index is 1.49. The first-order valence-corrected chi connectivity index (χ1v) is 11.0. The number of likely N-dealkylation sites (tertiary alicyclic amines) is 1. The van der Waals surface area contributed by atoms with Gasteiger partial charge in [-0.25, -0.2) is 9.98 Å². The number of nitrogens with zero attached hydrogens (tertiary/aromatic N) is 6. The van der Waals surface area contributed by atoms with E-state index in [9.17, 15) is 0 Å². The smallest absolute Gasteiger partial charge is 0.199 e. The summed E-state index contributed by atoms with van der Waals surface area (Å²) in [7, 11) is 4.00. The van der Waals surface area contributed by atoms with Crippen molar-refractivity contribution >= 4 is 17.5 Å². The maximum absolute atomic E-state index is 6.10. The molecule has 1 aromatic heterocycles. The minimum atomic E-state index is 0.0584. The number of nitrogens with two attached hydrogens (primary N) is 2. The highest BCUT2D eigenvalue weighted by Gasteiger charge is 2.35. The summed E-state index contributed by atoms with van der Waals surface area (Å²) in [6, 6.07) is 0.346. The highest BCUT2D eigenvalue weighted by atomic mass is 15.3. The molecule has 1 aromatic rings. The van der Waals surface area contributed by atoms with E-state index < -0.39 is 0 Å². The Labute approximate surface area is 182 Å². The third-order valence-corrected chi connectivity index (χ3v) is 6.49. The van der Waals surface area contributed by atoms with Gasteiger partial charge in [0.1, 0.15) is 17.2 Å². The van der Waals surface area contributed by atoms with E-state index >= 15 is 0 Å². The molecule has 5 N–H and O–H groups in total. The third-order valence-electron chi connectivity index (χ3n) is 6.49. The molecule has 1 saturated heterocycles. The molecule has 0 amide bonds. The zero-order valence-electron chi connectivity index (χ0n) is 18.2. The van der Waals surface area contributed by atoms with Crippen LogP contribution in [-0.2, 0) is 13.6 Å². The fraction of sp³-hybridized carbons (Fsp3) is 0.500. The molecule has 0 spiro atoms. The Morgan fingerprint density at radius 3 is 2.74 bits per heavy atom. The van der Waals surface area contributed by atoms with Crippen molar-refractivity contribution in [2.24, 2.45) is 34.4 Å². The van der Waals surface area contributed by atoms with Gasteiger partial charge < -0.3 is 26.6 Å². The summed E-state index contributed by atoms with van der Waals surface area (Å²) in [5.74, 6) is 2.14. The first-order valence-electron chi connectivity index (χ1n) is 11.0. The Hall–Kier alpha value is -3.07. The van der Waals surface area contributed by atoms with Crippen molar-refractivity contribution in [1.29, 1.82) is 0 Å². The monoisotopic (exact) mass is 421 g/mol. The predicted octanol–water partition coefficient (Wildman–Crippen LogP) is 0.949. The summed E-state index contributed by atoms with van der Waals surface area (Å²) in [5, 5.41) is 8.27. The first kappa shape index (κ1) is 19.9. The van der Waals surface area contributed by atoms with Gasteiger partial charge in [0, 0.05) is 56.6 Å². The lowest BCUT2D eigenvalue weighted by molar-refractivity contribution is 0.299. The van der Waals surface area contributed by atoms with E-state index in [1.165, 1.54) is 0 Å².